The van der Waals surface area contributed by atoms with Gasteiger partial charge in [0.2, 0.25) is 0 Å². The van der Waals surface area contributed by atoms with Crippen LogP contribution in [0.4, 0.5) is 0 Å². The second-order valence-electron chi connectivity index (χ2n) is 10.3. The Morgan fingerprint density at radius 1 is 0.643 bits per heavy atom. The van der Waals surface area contributed by atoms with Gasteiger partial charge in [0.15, 0.2) is 0 Å². The molecule has 0 atom stereocenters. The van der Waals surface area contributed by atoms with Crippen LogP contribution in [0.3, 0.4) is 0 Å². The number of rotatable bonds is 8. The highest BCUT2D eigenvalue weighted by Gasteiger charge is 2.33. The van der Waals surface area contributed by atoms with Crippen molar-refractivity contribution in [2.24, 2.45) is 0 Å². The summed E-state index contributed by atoms with van der Waals surface area (Å²) < 4.78 is 6.35. The second-order valence-corrected chi connectivity index (χ2v) is 10.7. The molecule has 4 aromatic carbocycles. The summed E-state index contributed by atoms with van der Waals surface area (Å²) in [6.07, 6.45) is 0. The largest absolute Gasteiger partial charge is 0.489 e. The molecule has 210 valence electrons. The van der Waals surface area contributed by atoms with Gasteiger partial charge in [-0.05, 0) is 37.1 Å². The van der Waals surface area contributed by atoms with Crippen molar-refractivity contribution in [3.8, 4) is 28.3 Å². The van der Waals surface area contributed by atoms with Gasteiger partial charge in [-0.25, -0.2) is 0 Å². The fourth-order valence-corrected chi connectivity index (χ4v) is 5.45. The number of para-hydroxylation sites is 1. The smallest absolute Gasteiger partial charge is 0.268 e. The number of H-pyrrole nitrogens is 4. The molecule has 0 unspecified atom stereocenters. The van der Waals surface area contributed by atoms with E-state index in [0.717, 1.165) is 27.8 Å². The van der Waals surface area contributed by atoms with Gasteiger partial charge in [0.1, 0.15) is 12.4 Å². The molecule has 0 saturated carbocycles. The number of aromatic nitrogens is 4. The van der Waals surface area contributed by atoms with E-state index in [9.17, 15) is 9.59 Å². The third-order valence-electron chi connectivity index (χ3n) is 7.46. The van der Waals surface area contributed by atoms with Gasteiger partial charge in [-0.3, -0.25) is 30.0 Å². The van der Waals surface area contributed by atoms with E-state index in [-0.39, 0.29) is 17.7 Å². The number of ether oxygens (including phenoxy) is 1. The van der Waals surface area contributed by atoms with Crippen LogP contribution in [0.25, 0.3) is 22.5 Å². The van der Waals surface area contributed by atoms with Crippen LogP contribution in [0.5, 0.6) is 5.75 Å². The van der Waals surface area contributed by atoms with Gasteiger partial charge in [0.25, 0.3) is 11.1 Å². The molecule has 0 amide bonds. The lowest BCUT2D eigenvalue weighted by Crippen LogP contribution is -2.20. The van der Waals surface area contributed by atoms with Crippen LogP contribution in [-0.4, -0.2) is 20.4 Å². The van der Waals surface area contributed by atoms with Crippen LogP contribution in [0.15, 0.2) is 107 Å². The number of aromatic amines is 4. The summed E-state index contributed by atoms with van der Waals surface area (Å²) in [5.41, 5.74) is 6.67. The molecule has 0 aliphatic heterocycles. The van der Waals surface area contributed by atoms with Crippen molar-refractivity contribution >= 4 is 11.6 Å². The van der Waals surface area contributed by atoms with E-state index in [1.165, 1.54) is 0 Å². The molecule has 0 fully saturated rings. The van der Waals surface area contributed by atoms with Crippen molar-refractivity contribution < 1.29 is 4.74 Å². The molecule has 6 aromatic rings. The summed E-state index contributed by atoms with van der Waals surface area (Å²) in [6.45, 7) is 4.23. The van der Waals surface area contributed by atoms with E-state index in [4.69, 9.17) is 16.3 Å². The van der Waals surface area contributed by atoms with Crippen LogP contribution in [0.1, 0.15) is 39.3 Å². The molecule has 8 heteroatoms. The first-order valence-corrected chi connectivity index (χ1v) is 14.0. The number of hydrogen-bond donors (Lipinski definition) is 4. The summed E-state index contributed by atoms with van der Waals surface area (Å²) in [7, 11) is 0. The van der Waals surface area contributed by atoms with Crippen molar-refractivity contribution in [3.05, 3.63) is 156 Å². The first-order valence-electron chi connectivity index (χ1n) is 13.6. The highest BCUT2D eigenvalue weighted by molar-refractivity contribution is 6.31. The average Bonchev–Trinajstić information content (AvgIpc) is 3.57. The number of halogens is 1. The quantitative estimate of drug-likeness (QED) is 0.155. The van der Waals surface area contributed by atoms with Crippen molar-refractivity contribution in [3.63, 3.8) is 0 Å². The standard InChI is InChI=1S/C34H29ClN4O3/c1-20-11-15-22(16-12-20)31-29(33(40)38-36-31)28(30-32(37-39-34(30)41)23-17-13-21(2)14-18-23)25-8-4-6-10-27(25)42-19-24-7-3-5-9-26(24)35/h3-18,28H,19H2,1-2H3,(H2,36,38,40)(H2,37,39,41). The normalized spacial score (nSPS) is 11.2. The molecule has 0 bridgehead atoms. The van der Waals surface area contributed by atoms with E-state index in [1.54, 1.807) is 0 Å². The Bertz CT molecular complexity index is 1870. The predicted molar refractivity (Wildman–Crippen MR) is 166 cm³/mol. The summed E-state index contributed by atoms with van der Waals surface area (Å²) in [6, 6.07) is 30.7. The Hall–Kier alpha value is -5.01. The molecule has 42 heavy (non-hydrogen) atoms. The van der Waals surface area contributed by atoms with E-state index < -0.39 is 5.92 Å². The topological polar surface area (TPSA) is 107 Å². The van der Waals surface area contributed by atoms with Crippen molar-refractivity contribution in [1.82, 2.24) is 20.4 Å². The number of hydrogen-bond acceptors (Lipinski definition) is 3. The molecule has 4 N–H and O–H groups in total. The SMILES string of the molecule is Cc1ccc(-c2[nH][nH]c(=O)c2C(c2ccccc2OCc2ccccc2Cl)c2c(-c3ccc(C)cc3)[nH][nH]c2=O)cc1. The lowest BCUT2D eigenvalue weighted by molar-refractivity contribution is 0.302. The lowest BCUT2D eigenvalue weighted by atomic mass is 9.82. The minimum atomic E-state index is -0.787. The molecule has 0 radical (unpaired) electrons. The summed E-state index contributed by atoms with van der Waals surface area (Å²) >= 11 is 6.42. The zero-order chi connectivity index (χ0) is 29.2. The van der Waals surface area contributed by atoms with Crippen LogP contribution in [0.2, 0.25) is 5.02 Å². The first-order chi connectivity index (χ1) is 20.4. The minimum Gasteiger partial charge on any atom is -0.489 e. The Labute approximate surface area is 247 Å². The van der Waals surface area contributed by atoms with Gasteiger partial charge in [-0.1, -0.05) is 108 Å². The van der Waals surface area contributed by atoms with Crippen LogP contribution in [-0.2, 0) is 6.61 Å². The average molecular weight is 577 g/mol. The third-order valence-corrected chi connectivity index (χ3v) is 7.83. The zero-order valence-electron chi connectivity index (χ0n) is 23.1. The molecule has 0 aliphatic rings. The maximum Gasteiger partial charge on any atom is 0.268 e. The van der Waals surface area contributed by atoms with Gasteiger partial charge >= 0.3 is 0 Å². The Morgan fingerprint density at radius 2 is 1.14 bits per heavy atom. The van der Waals surface area contributed by atoms with Gasteiger partial charge in [0.05, 0.1) is 28.4 Å². The molecule has 7 nitrogen and oxygen atoms in total. The Morgan fingerprint density at radius 3 is 1.69 bits per heavy atom. The van der Waals surface area contributed by atoms with Gasteiger partial charge in [-0.2, -0.15) is 0 Å². The Balaban J connectivity index is 1.57. The fourth-order valence-electron chi connectivity index (χ4n) is 5.26. The number of benzene rings is 4. The van der Waals surface area contributed by atoms with E-state index in [2.05, 4.69) is 20.4 Å². The highest BCUT2D eigenvalue weighted by atomic mass is 35.5. The van der Waals surface area contributed by atoms with Crippen molar-refractivity contribution in [2.75, 3.05) is 0 Å². The van der Waals surface area contributed by atoms with Gasteiger partial charge < -0.3 is 4.74 Å². The van der Waals surface area contributed by atoms with Crippen LogP contribution in [0, 0.1) is 13.8 Å². The third kappa shape index (κ3) is 5.22. The van der Waals surface area contributed by atoms with E-state index in [0.29, 0.717) is 38.9 Å². The maximum atomic E-state index is 13.7. The van der Waals surface area contributed by atoms with E-state index >= 15 is 0 Å². The molecular weight excluding hydrogens is 548 g/mol. The summed E-state index contributed by atoms with van der Waals surface area (Å²) in [5, 5.41) is 12.3. The molecule has 0 aliphatic carbocycles. The molecule has 0 spiro atoms. The van der Waals surface area contributed by atoms with E-state index in [1.807, 2.05) is 111 Å². The minimum absolute atomic E-state index is 0.214. The second kappa shape index (κ2) is 11.5. The van der Waals surface area contributed by atoms with Crippen LogP contribution < -0.4 is 15.9 Å². The summed E-state index contributed by atoms with van der Waals surface area (Å²) in [4.78, 5) is 27.3. The maximum absolute atomic E-state index is 13.7. The number of nitrogens with one attached hydrogen (secondary N) is 4. The first kappa shape index (κ1) is 27.2. The monoisotopic (exact) mass is 576 g/mol. The highest BCUT2D eigenvalue weighted by Crippen LogP contribution is 2.41. The molecule has 2 heterocycles. The molecular formula is C34H29ClN4O3. The Kier molecular flexibility index (Phi) is 7.42. The fraction of sp³-hybridized carbons (Fsp3) is 0.118. The van der Waals surface area contributed by atoms with Crippen molar-refractivity contribution in [1.29, 1.82) is 0 Å². The number of aryl methyl sites for hydroxylation is 2. The summed E-state index contributed by atoms with van der Waals surface area (Å²) in [5.74, 6) is -0.251. The lowest BCUT2D eigenvalue weighted by Gasteiger charge is -2.21. The molecule has 6 rings (SSSR count). The predicted octanol–water partition coefficient (Wildman–Crippen LogP) is 7.08. The van der Waals surface area contributed by atoms with Crippen LogP contribution >= 0.6 is 11.6 Å². The van der Waals surface area contributed by atoms with Gasteiger partial charge in [0, 0.05) is 16.1 Å². The van der Waals surface area contributed by atoms with Gasteiger partial charge in [-0.15, -0.1) is 0 Å². The zero-order valence-corrected chi connectivity index (χ0v) is 23.9. The van der Waals surface area contributed by atoms with Crippen molar-refractivity contribution in [2.45, 2.75) is 26.4 Å². The molecule has 2 aromatic heterocycles. The molecule has 0 saturated heterocycles.